The minimum absolute atomic E-state index is 0.0801. The Bertz CT molecular complexity index is 676. The van der Waals surface area contributed by atoms with Crippen LogP contribution in [0, 0.1) is 5.82 Å². The van der Waals surface area contributed by atoms with Gasteiger partial charge in [0.1, 0.15) is 11.6 Å². The fourth-order valence-electron chi connectivity index (χ4n) is 2.30. The molecule has 0 saturated carbocycles. The summed E-state index contributed by atoms with van der Waals surface area (Å²) in [4.78, 5) is 18.2. The highest BCUT2D eigenvalue weighted by Crippen LogP contribution is 2.15. The van der Waals surface area contributed by atoms with Crippen LogP contribution in [0.25, 0.3) is 0 Å². The number of carbonyl (C=O) groups is 1. The Kier molecular flexibility index (Phi) is 6.71. The van der Waals surface area contributed by atoms with E-state index in [0.29, 0.717) is 18.1 Å². The van der Waals surface area contributed by atoms with Crippen LogP contribution < -0.4 is 15.5 Å². The molecule has 1 amide bonds. The van der Waals surface area contributed by atoms with Gasteiger partial charge in [0.15, 0.2) is 0 Å². The van der Waals surface area contributed by atoms with Crippen LogP contribution in [0.1, 0.15) is 13.3 Å². The Morgan fingerprint density at radius 3 is 2.60 bits per heavy atom. The lowest BCUT2D eigenvalue weighted by atomic mass is 10.2. The van der Waals surface area contributed by atoms with Gasteiger partial charge in [0, 0.05) is 31.7 Å². The molecule has 1 atom stereocenters. The zero-order valence-electron chi connectivity index (χ0n) is 14.4. The molecule has 0 aliphatic heterocycles. The van der Waals surface area contributed by atoms with E-state index in [-0.39, 0.29) is 30.8 Å². The van der Waals surface area contributed by atoms with Gasteiger partial charge in [-0.2, -0.15) is 0 Å². The fraction of sp³-hybridized carbons (Fsp3) is 0.333. The highest BCUT2D eigenvalue weighted by atomic mass is 19.1. The number of nitrogens with zero attached hydrogens (tertiary/aromatic N) is 2. The zero-order valence-corrected chi connectivity index (χ0v) is 14.4. The molecule has 2 aromatic rings. The standard InChI is InChI=1S/C18H23FN4O2/c1-13(11-18(25)22-15-5-3-14(19)4-6-15)21-17-8-7-16(12-20-17)23(2)9-10-24/h3-8,12-13,24H,9-11H2,1-2H3,(H,20,21)(H,22,25). The summed E-state index contributed by atoms with van der Waals surface area (Å²) in [6, 6.07) is 9.26. The first-order chi connectivity index (χ1) is 12.0. The van der Waals surface area contributed by atoms with Gasteiger partial charge in [-0.1, -0.05) is 0 Å². The summed E-state index contributed by atoms with van der Waals surface area (Å²) in [7, 11) is 1.88. The third-order valence-corrected chi connectivity index (χ3v) is 3.64. The number of amides is 1. The van der Waals surface area contributed by atoms with Gasteiger partial charge in [-0.15, -0.1) is 0 Å². The van der Waals surface area contributed by atoms with Gasteiger partial charge in [0.25, 0.3) is 0 Å². The fourth-order valence-corrected chi connectivity index (χ4v) is 2.30. The van der Waals surface area contributed by atoms with Crippen molar-refractivity contribution in [2.75, 3.05) is 35.7 Å². The van der Waals surface area contributed by atoms with Crippen molar-refractivity contribution in [2.45, 2.75) is 19.4 Å². The first-order valence-corrected chi connectivity index (χ1v) is 8.08. The van der Waals surface area contributed by atoms with Gasteiger partial charge < -0.3 is 20.6 Å². The molecule has 7 heteroatoms. The topological polar surface area (TPSA) is 77.5 Å². The van der Waals surface area contributed by atoms with Gasteiger partial charge in [-0.05, 0) is 43.3 Å². The van der Waals surface area contributed by atoms with Crippen molar-refractivity contribution in [3.8, 4) is 0 Å². The van der Waals surface area contributed by atoms with E-state index in [0.717, 1.165) is 5.69 Å². The van der Waals surface area contributed by atoms with E-state index < -0.39 is 0 Å². The summed E-state index contributed by atoms with van der Waals surface area (Å²) in [6.07, 6.45) is 1.97. The minimum Gasteiger partial charge on any atom is -0.395 e. The minimum atomic E-state index is -0.341. The predicted molar refractivity (Wildman–Crippen MR) is 97.3 cm³/mol. The number of hydrogen-bond acceptors (Lipinski definition) is 5. The van der Waals surface area contributed by atoms with Gasteiger partial charge in [0.2, 0.25) is 5.91 Å². The quantitative estimate of drug-likeness (QED) is 0.684. The zero-order chi connectivity index (χ0) is 18.2. The first kappa shape index (κ1) is 18.7. The lowest BCUT2D eigenvalue weighted by Gasteiger charge is -2.19. The van der Waals surface area contributed by atoms with Crippen molar-refractivity contribution in [2.24, 2.45) is 0 Å². The van der Waals surface area contributed by atoms with Crippen LogP contribution in [0.4, 0.5) is 21.6 Å². The number of pyridine rings is 1. The molecule has 0 bridgehead atoms. The lowest BCUT2D eigenvalue weighted by molar-refractivity contribution is -0.116. The number of anilines is 3. The lowest BCUT2D eigenvalue weighted by Crippen LogP contribution is -2.24. The molecule has 0 saturated heterocycles. The largest absolute Gasteiger partial charge is 0.395 e. The second kappa shape index (κ2) is 8.98. The molecule has 3 N–H and O–H groups in total. The van der Waals surface area contributed by atoms with E-state index in [1.807, 2.05) is 31.0 Å². The highest BCUT2D eigenvalue weighted by molar-refractivity contribution is 5.91. The van der Waals surface area contributed by atoms with Crippen molar-refractivity contribution in [3.63, 3.8) is 0 Å². The molecule has 1 aromatic heterocycles. The normalized spacial score (nSPS) is 11.7. The second-order valence-electron chi connectivity index (χ2n) is 5.85. The number of benzene rings is 1. The molecule has 1 aromatic carbocycles. The van der Waals surface area contributed by atoms with E-state index in [4.69, 9.17) is 5.11 Å². The SMILES string of the molecule is CC(CC(=O)Nc1ccc(F)cc1)Nc1ccc(N(C)CCO)cn1. The van der Waals surface area contributed by atoms with Crippen LogP contribution in [0.2, 0.25) is 0 Å². The molecule has 0 radical (unpaired) electrons. The van der Waals surface area contributed by atoms with Crippen molar-refractivity contribution >= 4 is 23.1 Å². The molecule has 0 aliphatic carbocycles. The van der Waals surface area contributed by atoms with Crippen molar-refractivity contribution in [3.05, 3.63) is 48.4 Å². The van der Waals surface area contributed by atoms with Crippen LogP contribution in [-0.2, 0) is 4.79 Å². The van der Waals surface area contributed by atoms with Crippen LogP contribution in [-0.4, -0.2) is 42.2 Å². The van der Waals surface area contributed by atoms with Crippen molar-refractivity contribution < 1.29 is 14.3 Å². The molecule has 0 aliphatic rings. The molecule has 6 nitrogen and oxygen atoms in total. The number of nitrogens with one attached hydrogen (secondary N) is 2. The third kappa shape index (κ3) is 6.04. The first-order valence-electron chi connectivity index (χ1n) is 8.08. The number of aromatic nitrogens is 1. The number of rotatable bonds is 8. The average Bonchev–Trinajstić information content (AvgIpc) is 2.57. The number of carbonyl (C=O) groups excluding carboxylic acids is 1. The Labute approximate surface area is 146 Å². The van der Waals surface area contributed by atoms with Gasteiger partial charge in [0.05, 0.1) is 18.5 Å². The van der Waals surface area contributed by atoms with Crippen LogP contribution in [0.5, 0.6) is 0 Å². The summed E-state index contributed by atoms with van der Waals surface area (Å²) in [5.41, 5.74) is 1.47. The molecule has 2 rings (SSSR count). The number of halogens is 1. The van der Waals surface area contributed by atoms with Gasteiger partial charge in [-0.3, -0.25) is 4.79 Å². The van der Waals surface area contributed by atoms with E-state index in [9.17, 15) is 9.18 Å². The molecule has 1 heterocycles. The summed E-state index contributed by atoms with van der Waals surface area (Å²) < 4.78 is 12.9. The molecular weight excluding hydrogens is 323 g/mol. The van der Waals surface area contributed by atoms with Crippen molar-refractivity contribution in [1.82, 2.24) is 4.98 Å². The summed E-state index contributed by atoms with van der Waals surface area (Å²) >= 11 is 0. The van der Waals surface area contributed by atoms with E-state index >= 15 is 0 Å². The maximum absolute atomic E-state index is 12.9. The molecule has 134 valence electrons. The molecule has 1 unspecified atom stereocenters. The summed E-state index contributed by atoms with van der Waals surface area (Å²) in [6.45, 7) is 2.50. The van der Waals surface area contributed by atoms with Gasteiger partial charge >= 0.3 is 0 Å². The Hall–Kier alpha value is -2.67. The van der Waals surface area contributed by atoms with E-state index in [1.165, 1.54) is 24.3 Å². The molecular formula is C18H23FN4O2. The number of aliphatic hydroxyl groups is 1. The Morgan fingerprint density at radius 1 is 1.28 bits per heavy atom. The van der Waals surface area contributed by atoms with Crippen molar-refractivity contribution in [1.29, 1.82) is 0 Å². The number of hydrogen-bond donors (Lipinski definition) is 3. The van der Waals surface area contributed by atoms with Crippen LogP contribution in [0.15, 0.2) is 42.6 Å². The van der Waals surface area contributed by atoms with Gasteiger partial charge in [-0.25, -0.2) is 9.37 Å². The number of aliphatic hydroxyl groups excluding tert-OH is 1. The monoisotopic (exact) mass is 346 g/mol. The van der Waals surface area contributed by atoms with E-state index in [2.05, 4.69) is 15.6 Å². The Balaban J connectivity index is 1.83. The third-order valence-electron chi connectivity index (χ3n) is 3.64. The maximum Gasteiger partial charge on any atom is 0.226 e. The smallest absolute Gasteiger partial charge is 0.226 e. The van der Waals surface area contributed by atoms with E-state index in [1.54, 1.807) is 6.20 Å². The average molecular weight is 346 g/mol. The highest BCUT2D eigenvalue weighted by Gasteiger charge is 2.10. The maximum atomic E-state index is 12.9. The summed E-state index contributed by atoms with van der Waals surface area (Å²) in [5.74, 6) is 0.168. The predicted octanol–water partition coefficient (Wildman–Crippen LogP) is 2.48. The van der Waals surface area contributed by atoms with Crippen LogP contribution >= 0.6 is 0 Å². The van der Waals surface area contributed by atoms with Crippen LogP contribution in [0.3, 0.4) is 0 Å². The molecule has 0 fully saturated rings. The number of likely N-dealkylation sites (N-methyl/N-ethyl adjacent to an activating group) is 1. The molecule has 0 spiro atoms. The summed E-state index contributed by atoms with van der Waals surface area (Å²) in [5, 5.41) is 14.8. The Morgan fingerprint density at radius 2 is 2.00 bits per heavy atom. The molecule has 25 heavy (non-hydrogen) atoms. The second-order valence-corrected chi connectivity index (χ2v) is 5.85.